The van der Waals surface area contributed by atoms with Gasteiger partial charge in [0.05, 0.1) is 18.8 Å². The van der Waals surface area contributed by atoms with E-state index in [9.17, 15) is 5.11 Å². The largest absolute Gasteiger partial charge is 0.392 e. The molecule has 3 atom stereocenters. The van der Waals surface area contributed by atoms with Crippen LogP contribution in [0.2, 0.25) is 5.02 Å². The van der Waals surface area contributed by atoms with Gasteiger partial charge >= 0.3 is 0 Å². The molecular formula is C25H34ClN5O2. The van der Waals surface area contributed by atoms with Crippen LogP contribution in [0.4, 0.5) is 5.95 Å². The Morgan fingerprint density at radius 3 is 2.45 bits per heavy atom. The van der Waals surface area contributed by atoms with E-state index in [2.05, 4.69) is 36.8 Å². The minimum atomic E-state index is -0.188. The molecule has 0 amide bonds. The highest BCUT2D eigenvalue weighted by Crippen LogP contribution is 2.27. The molecule has 4 heterocycles. The first-order valence-electron chi connectivity index (χ1n) is 12.2. The molecule has 178 valence electrons. The smallest absolute Gasteiger partial charge is 0.225 e. The van der Waals surface area contributed by atoms with E-state index in [1.54, 1.807) is 0 Å². The molecule has 5 rings (SSSR count). The summed E-state index contributed by atoms with van der Waals surface area (Å²) in [4.78, 5) is 16.2. The molecule has 3 fully saturated rings. The zero-order chi connectivity index (χ0) is 22.6. The number of piperidine rings is 1. The van der Waals surface area contributed by atoms with Crippen LogP contribution in [0.5, 0.6) is 0 Å². The van der Waals surface area contributed by atoms with Crippen LogP contribution in [0, 0.1) is 0 Å². The Bertz CT molecular complexity index is 878. The number of benzene rings is 1. The van der Waals surface area contributed by atoms with Crippen molar-refractivity contribution in [1.29, 1.82) is 0 Å². The summed E-state index contributed by atoms with van der Waals surface area (Å²) in [6.07, 6.45) is 7.68. The number of rotatable bonds is 6. The Kier molecular flexibility index (Phi) is 7.43. The molecule has 33 heavy (non-hydrogen) atoms. The summed E-state index contributed by atoms with van der Waals surface area (Å²) in [5.74, 6) is 0.834. The number of anilines is 1. The number of hydrogen-bond donors (Lipinski definition) is 1. The van der Waals surface area contributed by atoms with Crippen LogP contribution in [-0.4, -0.2) is 95.0 Å². The number of nitrogens with zero attached hydrogens (tertiary/aromatic N) is 5. The van der Waals surface area contributed by atoms with Gasteiger partial charge in [-0.25, -0.2) is 9.97 Å². The van der Waals surface area contributed by atoms with Crippen molar-refractivity contribution >= 4 is 17.5 Å². The minimum absolute atomic E-state index is 0.187. The molecule has 3 aliphatic rings. The summed E-state index contributed by atoms with van der Waals surface area (Å²) in [5.41, 5.74) is 1.30. The number of aromatic nitrogens is 2. The summed E-state index contributed by atoms with van der Waals surface area (Å²) in [6.45, 7) is 6.26. The molecule has 3 saturated heterocycles. The van der Waals surface area contributed by atoms with Crippen molar-refractivity contribution < 1.29 is 9.84 Å². The van der Waals surface area contributed by atoms with Gasteiger partial charge < -0.3 is 14.7 Å². The van der Waals surface area contributed by atoms with Gasteiger partial charge in [-0.2, -0.15) is 0 Å². The molecule has 7 nitrogen and oxygen atoms in total. The normalized spacial score (nSPS) is 27.8. The van der Waals surface area contributed by atoms with Crippen molar-refractivity contribution in [2.24, 2.45) is 0 Å². The van der Waals surface area contributed by atoms with Crippen molar-refractivity contribution in [3.63, 3.8) is 0 Å². The van der Waals surface area contributed by atoms with Gasteiger partial charge in [-0.1, -0.05) is 23.7 Å². The number of ether oxygens (including phenoxy) is 1. The van der Waals surface area contributed by atoms with Gasteiger partial charge in [0.15, 0.2) is 0 Å². The van der Waals surface area contributed by atoms with Crippen LogP contribution in [0.25, 0.3) is 0 Å². The maximum Gasteiger partial charge on any atom is 0.225 e. The third-order valence-electron chi connectivity index (χ3n) is 7.27. The summed E-state index contributed by atoms with van der Waals surface area (Å²) >= 11 is 6.11. The first-order valence-corrected chi connectivity index (χ1v) is 12.6. The molecule has 0 saturated carbocycles. The quantitative estimate of drug-likeness (QED) is 0.694. The second-order valence-corrected chi connectivity index (χ2v) is 10.0. The van der Waals surface area contributed by atoms with Crippen molar-refractivity contribution in [3.05, 3.63) is 53.3 Å². The monoisotopic (exact) mass is 471 g/mol. The Morgan fingerprint density at radius 2 is 1.76 bits per heavy atom. The molecule has 1 unspecified atom stereocenters. The number of hydrogen-bond acceptors (Lipinski definition) is 7. The lowest BCUT2D eigenvalue weighted by Gasteiger charge is -2.47. The van der Waals surface area contributed by atoms with Gasteiger partial charge in [0.2, 0.25) is 5.95 Å². The minimum Gasteiger partial charge on any atom is -0.392 e. The topological polar surface area (TPSA) is 65.0 Å². The summed E-state index contributed by atoms with van der Waals surface area (Å²) < 4.78 is 6.37. The van der Waals surface area contributed by atoms with E-state index in [1.807, 2.05) is 30.6 Å². The lowest BCUT2D eigenvalue weighted by atomic mass is 9.96. The van der Waals surface area contributed by atoms with Gasteiger partial charge in [0, 0.05) is 68.8 Å². The number of aliphatic hydroxyl groups is 1. The molecule has 1 aromatic heterocycles. The SMILES string of the molecule is O[C@H]1CCN(C[C@H]2CN(C3CCN(c4ncccn4)CC3)C(Cc3ccc(Cl)cc3)CO2)C1. The molecule has 0 aliphatic carbocycles. The third kappa shape index (κ3) is 5.84. The molecule has 0 spiro atoms. The molecule has 8 heteroatoms. The predicted molar refractivity (Wildman–Crippen MR) is 130 cm³/mol. The highest BCUT2D eigenvalue weighted by atomic mass is 35.5. The highest BCUT2D eigenvalue weighted by molar-refractivity contribution is 6.30. The number of halogens is 1. The first kappa shape index (κ1) is 23.0. The van der Waals surface area contributed by atoms with Crippen molar-refractivity contribution in [1.82, 2.24) is 19.8 Å². The molecular weight excluding hydrogens is 438 g/mol. The third-order valence-corrected chi connectivity index (χ3v) is 7.52. The Labute approximate surface area is 201 Å². The van der Waals surface area contributed by atoms with Gasteiger partial charge in [0.1, 0.15) is 0 Å². The average Bonchev–Trinajstić information content (AvgIpc) is 3.26. The molecule has 0 radical (unpaired) electrons. The zero-order valence-electron chi connectivity index (χ0n) is 19.1. The van der Waals surface area contributed by atoms with E-state index in [1.165, 1.54) is 5.56 Å². The van der Waals surface area contributed by atoms with E-state index in [0.29, 0.717) is 12.1 Å². The maximum absolute atomic E-state index is 9.91. The molecule has 1 N–H and O–H groups in total. The number of morpholine rings is 1. The fourth-order valence-corrected chi connectivity index (χ4v) is 5.65. The predicted octanol–water partition coefficient (Wildman–Crippen LogP) is 2.48. The summed E-state index contributed by atoms with van der Waals surface area (Å²) in [6, 6.07) is 11.0. The Balaban J connectivity index is 1.25. The lowest BCUT2D eigenvalue weighted by molar-refractivity contribution is -0.0901. The van der Waals surface area contributed by atoms with Crippen LogP contribution >= 0.6 is 11.6 Å². The molecule has 2 aromatic rings. The van der Waals surface area contributed by atoms with E-state index in [4.69, 9.17) is 16.3 Å². The number of aliphatic hydroxyl groups excluding tert-OH is 1. The number of likely N-dealkylation sites (tertiary alicyclic amines) is 1. The van der Waals surface area contributed by atoms with E-state index < -0.39 is 0 Å². The maximum atomic E-state index is 9.91. The standard InChI is InChI=1S/C25H34ClN5O2/c26-20-4-2-19(3-5-20)14-22-18-33-24(16-29-11-8-23(32)15-29)17-31(22)21-6-12-30(13-7-21)25-27-9-1-10-28-25/h1-5,9-10,21-24,32H,6-8,11-18H2/t22?,23-,24-/m0/s1. The van der Waals surface area contributed by atoms with Crippen LogP contribution in [0.3, 0.4) is 0 Å². The second-order valence-electron chi connectivity index (χ2n) is 9.61. The van der Waals surface area contributed by atoms with E-state index in [-0.39, 0.29) is 12.2 Å². The zero-order valence-corrected chi connectivity index (χ0v) is 19.9. The summed E-state index contributed by atoms with van der Waals surface area (Å²) in [7, 11) is 0. The van der Waals surface area contributed by atoms with Crippen molar-refractivity contribution in [3.8, 4) is 0 Å². The Hall–Kier alpha value is -1.77. The van der Waals surface area contributed by atoms with Crippen molar-refractivity contribution in [2.75, 3.05) is 50.8 Å². The van der Waals surface area contributed by atoms with Crippen LogP contribution in [0.1, 0.15) is 24.8 Å². The van der Waals surface area contributed by atoms with Gasteiger partial charge in [-0.05, 0) is 49.4 Å². The number of β-amino-alcohol motifs (C(OH)–C–C–N with tert-alkyl or cyclic N) is 1. The van der Waals surface area contributed by atoms with Gasteiger partial charge in [0.25, 0.3) is 0 Å². The first-order chi connectivity index (χ1) is 16.1. The fraction of sp³-hybridized carbons (Fsp3) is 0.600. The molecule has 1 aromatic carbocycles. The lowest BCUT2D eigenvalue weighted by Crippen LogP contribution is -2.58. The average molecular weight is 472 g/mol. The Morgan fingerprint density at radius 1 is 1.00 bits per heavy atom. The van der Waals surface area contributed by atoms with E-state index >= 15 is 0 Å². The molecule has 0 bridgehead atoms. The van der Waals surface area contributed by atoms with Crippen molar-refractivity contribution in [2.45, 2.75) is 50.0 Å². The molecule has 3 aliphatic heterocycles. The van der Waals surface area contributed by atoms with Crippen LogP contribution < -0.4 is 4.90 Å². The van der Waals surface area contributed by atoms with Gasteiger partial charge in [-0.15, -0.1) is 0 Å². The van der Waals surface area contributed by atoms with Crippen LogP contribution in [-0.2, 0) is 11.2 Å². The fourth-order valence-electron chi connectivity index (χ4n) is 5.52. The second kappa shape index (κ2) is 10.7. The van der Waals surface area contributed by atoms with Crippen LogP contribution in [0.15, 0.2) is 42.7 Å². The highest BCUT2D eigenvalue weighted by Gasteiger charge is 2.37. The summed E-state index contributed by atoms with van der Waals surface area (Å²) in [5, 5.41) is 10.7. The van der Waals surface area contributed by atoms with E-state index in [0.717, 1.165) is 82.5 Å². The van der Waals surface area contributed by atoms with Gasteiger partial charge in [-0.3, -0.25) is 9.80 Å².